The fraction of sp³-hybridized carbons (Fsp3) is 0.125. The number of hydrogen-bond acceptors (Lipinski definition) is 5. The van der Waals surface area contributed by atoms with Crippen LogP contribution in [0.25, 0.3) is 0 Å². The summed E-state index contributed by atoms with van der Waals surface area (Å²) in [6.45, 7) is 2.00. The summed E-state index contributed by atoms with van der Waals surface area (Å²) in [6, 6.07) is 7.09. The number of anilines is 1. The predicted octanol–water partition coefficient (Wildman–Crippen LogP) is 1.60. The average Bonchev–Trinajstić information content (AvgIpc) is 3.06. The molecule has 0 atom stereocenters. The number of nitrogens with one attached hydrogen (secondary N) is 2. The van der Waals surface area contributed by atoms with Crippen LogP contribution in [0.3, 0.4) is 0 Å². The van der Waals surface area contributed by atoms with Crippen molar-refractivity contribution in [2.24, 2.45) is 0 Å². The minimum absolute atomic E-state index is 0.121. The molecule has 0 aliphatic heterocycles. The normalized spacial score (nSPS) is 10.5. The largest absolute Gasteiger partial charge is 0.328 e. The fourth-order valence-corrected chi connectivity index (χ4v) is 2.79. The average molecular weight is 342 g/mol. The van der Waals surface area contributed by atoms with E-state index in [1.165, 1.54) is 11.3 Å². The van der Waals surface area contributed by atoms with Gasteiger partial charge >= 0.3 is 5.69 Å². The molecule has 3 heterocycles. The van der Waals surface area contributed by atoms with E-state index in [1.807, 2.05) is 24.4 Å². The van der Waals surface area contributed by atoms with E-state index in [4.69, 9.17) is 0 Å². The van der Waals surface area contributed by atoms with E-state index in [-0.39, 0.29) is 12.1 Å². The maximum absolute atomic E-state index is 12.5. The zero-order chi connectivity index (χ0) is 17.1. The maximum atomic E-state index is 12.5. The minimum atomic E-state index is -0.642. The molecule has 24 heavy (non-hydrogen) atoms. The molecule has 0 aromatic carbocycles. The lowest BCUT2D eigenvalue weighted by Crippen LogP contribution is -2.39. The van der Waals surface area contributed by atoms with E-state index in [0.29, 0.717) is 5.82 Å². The molecule has 3 rings (SSSR count). The first-order chi connectivity index (χ1) is 11.5. The third-order valence-electron chi connectivity index (χ3n) is 3.35. The summed E-state index contributed by atoms with van der Waals surface area (Å²) in [4.78, 5) is 44.0. The van der Waals surface area contributed by atoms with Gasteiger partial charge in [-0.1, -0.05) is 12.1 Å². The number of thiophene rings is 1. The number of aromatic amines is 1. The number of H-pyrrole nitrogens is 1. The number of hydrogen-bond donors (Lipinski definition) is 2. The van der Waals surface area contributed by atoms with E-state index >= 15 is 0 Å². The van der Waals surface area contributed by atoms with Gasteiger partial charge in [0, 0.05) is 17.3 Å². The Morgan fingerprint density at radius 1 is 1.33 bits per heavy atom. The number of carbonyl (C=O) groups is 1. The number of carbonyl (C=O) groups excluding carboxylic acids is 1. The summed E-state index contributed by atoms with van der Waals surface area (Å²) < 4.78 is 1.00. The highest BCUT2D eigenvalue weighted by molar-refractivity contribution is 7.09. The molecule has 0 unspecified atom stereocenters. The summed E-state index contributed by atoms with van der Waals surface area (Å²) in [7, 11) is 0. The van der Waals surface area contributed by atoms with Gasteiger partial charge in [-0.2, -0.15) is 0 Å². The molecule has 0 aliphatic carbocycles. The van der Waals surface area contributed by atoms with Gasteiger partial charge in [0.1, 0.15) is 11.4 Å². The molecule has 0 aliphatic rings. The molecule has 8 heteroatoms. The van der Waals surface area contributed by atoms with Crippen molar-refractivity contribution >= 4 is 23.1 Å². The zero-order valence-electron chi connectivity index (χ0n) is 12.8. The quantitative estimate of drug-likeness (QED) is 0.752. The van der Waals surface area contributed by atoms with Gasteiger partial charge in [0.05, 0.1) is 6.54 Å². The molecule has 1 amide bonds. The molecular formula is C16H14N4O3S. The maximum Gasteiger partial charge on any atom is 0.328 e. The topological polar surface area (TPSA) is 96.9 Å². The number of aryl methyl sites for hydroxylation is 1. The molecule has 3 aromatic rings. The van der Waals surface area contributed by atoms with Gasteiger partial charge in [-0.3, -0.25) is 14.2 Å². The number of pyridine rings is 1. The van der Waals surface area contributed by atoms with Crippen molar-refractivity contribution in [2.75, 3.05) is 5.32 Å². The standard InChI is InChI=1S/C16H14N4O3S/c1-10-4-5-13(17-7-10)19-14(21)12-8-18-16(23)20(15(12)22)9-11-3-2-6-24-11/h2-8H,9H2,1H3,(H,18,23)(H,17,19,21). The van der Waals surface area contributed by atoms with Crippen molar-refractivity contribution in [3.63, 3.8) is 0 Å². The summed E-state index contributed by atoms with van der Waals surface area (Å²) in [6.07, 6.45) is 2.73. The predicted molar refractivity (Wildman–Crippen MR) is 91.7 cm³/mol. The number of aromatic nitrogens is 3. The molecule has 3 aromatic heterocycles. The van der Waals surface area contributed by atoms with Crippen molar-refractivity contribution < 1.29 is 4.79 Å². The van der Waals surface area contributed by atoms with Gasteiger partial charge < -0.3 is 10.3 Å². The van der Waals surface area contributed by atoms with E-state index in [9.17, 15) is 14.4 Å². The van der Waals surface area contributed by atoms with Crippen LogP contribution < -0.4 is 16.6 Å². The van der Waals surface area contributed by atoms with Crippen LogP contribution in [-0.4, -0.2) is 20.4 Å². The lowest BCUT2D eigenvalue weighted by molar-refractivity contribution is 0.102. The lowest BCUT2D eigenvalue weighted by Gasteiger charge is -2.07. The highest BCUT2D eigenvalue weighted by atomic mass is 32.1. The number of amides is 1. The Kier molecular flexibility index (Phi) is 4.39. The molecule has 0 saturated carbocycles. The second kappa shape index (κ2) is 6.63. The van der Waals surface area contributed by atoms with Gasteiger partial charge in [0.25, 0.3) is 11.5 Å². The Balaban J connectivity index is 1.90. The van der Waals surface area contributed by atoms with Crippen molar-refractivity contribution in [1.82, 2.24) is 14.5 Å². The Morgan fingerprint density at radius 2 is 2.17 bits per heavy atom. The van der Waals surface area contributed by atoms with Gasteiger partial charge in [-0.05, 0) is 30.0 Å². The smallest absolute Gasteiger partial charge is 0.313 e. The van der Waals surface area contributed by atoms with Gasteiger partial charge in [-0.25, -0.2) is 9.78 Å². The van der Waals surface area contributed by atoms with Crippen molar-refractivity contribution in [2.45, 2.75) is 13.5 Å². The lowest BCUT2D eigenvalue weighted by atomic mass is 10.3. The third-order valence-corrected chi connectivity index (χ3v) is 4.21. The van der Waals surface area contributed by atoms with Crippen LogP contribution in [-0.2, 0) is 6.54 Å². The second-order valence-corrected chi connectivity index (χ2v) is 6.19. The Hall–Kier alpha value is -3.00. The van der Waals surface area contributed by atoms with E-state index in [2.05, 4.69) is 15.3 Å². The van der Waals surface area contributed by atoms with E-state index < -0.39 is 17.2 Å². The van der Waals surface area contributed by atoms with Gasteiger partial charge in [0.15, 0.2) is 0 Å². The molecule has 0 bridgehead atoms. The van der Waals surface area contributed by atoms with Crippen molar-refractivity contribution in [3.05, 3.63) is 78.9 Å². The molecule has 0 radical (unpaired) electrons. The van der Waals surface area contributed by atoms with E-state index in [1.54, 1.807) is 18.3 Å². The monoisotopic (exact) mass is 342 g/mol. The summed E-state index contributed by atoms with van der Waals surface area (Å²) in [5, 5.41) is 4.40. The summed E-state index contributed by atoms with van der Waals surface area (Å²) >= 11 is 1.43. The molecule has 0 fully saturated rings. The SMILES string of the molecule is Cc1ccc(NC(=O)c2c[nH]c(=O)n(Cc3cccs3)c2=O)nc1. The highest BCUT2D eigenvalue weighted by Gasteiger charge is 2.15. The van der Waals surface area contributed by atoms with Crippen LogP contribution in [0.15, 0.2) is 51.6 Å². The van der Waals surface area contributed by atoms with Crippen LogP contribution in [0.1, 0.15) is 20.8 Å². The Morgan fingerprint density at radius 3 is 2.83 bits per heavy atom. The van der Waals surface area contributed by atoms with Crippen LogP contribution in [0.5, 0.6) is 0 Å². The highest BCUT2D eigenvalue weighted by Crippen LogP contribution is 2.09. The number of rotatable bonds is 4. The first-order valence-electron chi connectivity index (χ1n) is 7.13. The first kappa shape index (κ1) is 15.9. The Labute approximate surface area is 140 Å². The number of nitrogens with zero attached hydrogens (tertiary/aromatic N) is 2. The molecule has 0 spiro atoms. The first-order valence-corrected chi connectivity index (χ1v) is 8.01. The van der Waals surface area contributed by atoms with Crippen LogP contribution in [0.2, 0.25) is 0 Å². The van der Waals surface area contributed by atoms with E-state index in [0.717, 1.165) is 21.2 Å². The van der Waals surface area contributed by atoms with Crippen LogP contribution >= 0.6 is 11.3 Å². The molecular weight excluding hydrogens is 328 g/mol. The molecule has 2 N–H and O–H groups in total. The summed E-state index contributed by atoms with van der Waals surface area (Å²) in [5.74, 6) is -0.284. The minimum Gasteiger partial charge on any atom is -0.313 e. The zero-order valence-corrected chi connectivity index (χ0v) is 13.6. The van der Waals surface area contributed by atoms with Crippen LogP contribution in [0, 0.1) is 6.92 Å². The Bertz CT molecular complexity index is 972. The molecule has 0 saturated heterocycles. The van der Waals surface area contributed by atoms with Crippen molar-refractivity contribution in [1.29, 1.82) is 0 Å². The van der Waals surface area contributed by atoms with Crippen molar-refractivity contribution in [3.8, 4) is 0 Å². The molecule has 122 valence electrons. The van der Waals surface area contributed by atoms with Crippen LogP contribution in [0.4, 0.5) is 5.82 Å². The molecule has 7 nitrogen and oxygen atoms in total. The van der Waals surface area contributed by atoms with Gasteiger partial charge in [-0.15, -0.1) is 11.3 Å². The second-order valence-electron chi connectivity index (χ2n) is 5.15. The fourth-order valence-electron chi connectivity index (χ4n) is 2.10. The van der Waals surface area contributed by atoms with Gasteiger partial charge in [0.2, 0.25) is 0 Å². The summed E-state index contributed by atoms with van der Waals surface area (Å²) in [5.41, 5.74) is -0.390. The third kappa shape index (κ3) is 3.33.